The second-order valence-corrected chi connectivity index (χ2v) is 4.62. The molecule has 0 aliphatic carbocycles. The fourth-order valence-corrected chi connectivity index (χ4v) is 1.81. The van der Waals surface area contributed by atoms with Crippen LogP contribution in [0.2, 0.25) is 0 Å². The van der Waals surface area contributed by atoms with E-state index >= 15 is 0 Å². The first kappa shape index (κ1) is 16.5. The number of benzene rings is 1. The van der Waals surface area contributed by atoms with Crippen molar-refractivity contribution in [1.29, 1.82) is 0 Å². The monoisotopic (exact) mass is 279 g/mol. The Balaban J connectivity index is 2.41. The Morgan fingerprint density at radius 3 is 2.70 bits per heavy atom. The third-order valence-corrected chi connectivity index (χ3v) is 2.99. The summed E-state index contributed by atoms with van der Waals surface area (Å²) in [6.45, 7) is 7.88. The Kier molecular flexibility index (Phi) is 7.73. The van der Waals surface area contributed by atoms with E-state index in [4.69, 9.17) is 9.47 Å². The van der Waals surface area contributed by atoms with E-state index in [1.807, 2.05) is 45.0 Å². The lowest BCUT2D eigenvalue weighted by molar-refractivity contribution is -0.128. The minimum absolute atomic E-state index is 0.0627. The average molecular weight is 279 g/mol. The van der Waals surface area contributed by atoms with Gasteiger partial charge in [-0.2, -0.15) is 0 Å². The van der Waals surface area contributed by atoms with Crippen molar-refractivity contribution in [3.63, 3.8) is 0 Å². The van der Waals surface area contributed by atoms with Crippen LogP contribution in [0.3, 0.4) is 0 Å². The van der Waals surface area contributed by atoms with Crippen LogP contribution in [0, 0.1) is 6.92 Å². The third kappa shape index (κ3) is 5.61. The van der Waals surface area contributed by atoms with Crippen molar-refractivity contribution < 1.29 is 14.3 Å². The van der Waals surface area contributed by atoms with Gasteiger partial charge in [0.05, 0.1) is 0 Å². The normalized spacial score (nSPS) is 11.9. The van der Waals surface area contributed by atoms with Gasteiger partial charge in [0, 0.05) is 19.8 Å². The standard InChI is InChI=1S/C16H25NO3/c1-4-14(16(18)17-11-8-12-19-5-2)20-15-10-7-6-9-13(15)3/h6-7,9-10,14H,4-5,8,11-12H2,1-3H3,(H,17,18). The molecule has 0 radical (unpaired) electrons. The number of carbonyl (C=O) groups is 1. The predicted molar refractivity (Wildman–Crippen MR) is 80.0 cm³/mol. The summed E-state index contributed by atoms with van der Waals surface area (Å²) < 4.78 is 11.0. The van der Waals surface area contributed by atoms with Gasteiger partial charge >= 0.3 is 0 Å². The Morgan fingerprint density at radius 2 is 2.05 bits per heavy atom. The van der Waals surface area contributed by atoms with E-state index in [0.29, 0.717) is 26.2 Å². The maximum Gasteiger partial charge on any atom is 0.261 e. The molecule has 0 saturated carbocycles. The van der Waals surface area contributed by atoms with Crippen LogP contribution in [0.4, 0.5) is 0 Å². The van der Waals surface area contributed by atoms with Crippen LogP contribution in [0.5, 0.6) is 5.75 Å². The summed E-state index contributed by atoms with van der Waals surface area (Å²) in [5.41, 5.74) is 1.04. The summed E-state index contributed by atoms with van der Waals surface area (Å²) in [4.78, 5) is 12.0. The fourth-order valence-electron chi connectivity index (χ4n) is 1.81. The molecule has 4 heteroatoms. The first-order valence-corrected chi connectivity index (χ1v) is 7.26. The third-order valence-electron chi connectivity index (χ3n) is 2.99. The van der Waals surface area contributed by atoms with Crippen LogP contribution in [-0.4, -0.2) is 31.8 Å². The number of ether oxygens (including phenoxy) is 2. The second kappa shape index (κ2) is 9.37. The minimum atomic E-state index is -0.441. The van der Waals surface area contributed by atoms with Crippen LogP contribution < -0.4 is 10.1 Å². The number of aryl methyl sites for hydroxylation is 1. The van der Waals surface area contributed by atoms with Crippen LogP contribution >= 0.6 is 0 Å². The van der Waals surface area contributed by atoms with Gasteiger partial charge in [-0.3, -0.25) is 4.79 Å². The SMILES string of the molecule is CCOCCCNC(=O)C(CC)Oc1ccccc1C. The van der Waals surface area contributed by atoms with E-state index in [0.717, 1.165) is 17.7 Å². The molecule has 0 aliphatic rings. The molecular weight excluding hydrogens is 254 g/mol. The van der Waals surface area contributed by atoms with Crippen molar-refractivity contribution >= 4 is 5.91 Å². The molecule has 4 nitrogen and oxygen atoms in total. The summed E-state index contributed by atoms with van der Waals surface area (Å²) in [5.74, 6) is 0.705. The zero-order valence-corrected chi connectivity index (χ0v) is 12.6. The molecule has 0 bridgehead atoms. The summed E-state index contributed by atoms with van der Waals surface area (Å²) in [5, 5.41) is 2.89. The van der Waals surface area contributed by atoms with Gasteiger partial charge in [0.15, 0.2) is 6.10 Å². The summed E-state index contributed by atoms with van der Waals surface area (Å²) in [7, 11) is 0. The summed E-state index contributed by atoms with van der Waals surface area (Å²) >= 11 is 0. The van der Waals surface area contributed by atoms with E-state index in [1.54, 1.807) is 0 Å². The van der Waals surface area contributed by atoms with Gasteiger partial charge in [-0.15, -0.1) is 0 Å². The lowest BCUT2D eigenvalue weighted by Crippen LogP contribution is -2.38. The number of carbonyl (C=O) groups excluding carboxylic acids is 1. The Hall–Kier alpha value is -1.55. The average Bonchev–Trinajstić information content (AvgIpc) is 2.46. The molecule has 0 spiro atoms. The largest absolute Gasteiger partial charge is 0.480 e. The van der Waals surface area contributed by atoms with Crippen LogP contribution in [0.25, 0.3) is 0 Å². The highest BCUT2D eigenvalue weighted by Gasteiger charge is 2.18. The van der Waals surface area contributed by atoms with Gasteiger partial charge in [-0.1, -0.05) is 25.1 Å². The van der Waals surface area contributed by atoms with E-state index < -0.39 is 6.10 Å². The molecule has 0 saturated heterocycles. The van der Waals surface area contributed by atoms with Crippen molar-refractivity contribution in [2.24, 2.45) is 0 Å². The van der Waals surface area contributed by atoms with E-state index in [2.05, 4.69) is 5.32 Å². The van der Waals surface area contributed by atoms with Crippen molar-refractivity contribution in [2.45, 2.75) is 39.7 Å². The Labute approximate surface area is 121 Å². The van der Waals surface area contributed by atoms with Crippen molar-refractivity contribution in [1.82, 2.24) is 5.32 Å². The molecule has 0 aromatic heterocycles. The van der Waals surface area contributed by atoms with Gasteiger partial charge in [0.2, 0.25) is 0 Å². The molecule has 1 amide bonds. The van der Waals surface area contributed by atoms with Gasteiger partial charge < -0.3 is 14.8 Å². The summed E-state index contributed by atoms with van der Waals surface area (Å²) in [6, 6.07) is 7.73. The van der Waals surface area contributed by atoms with Gasteiger partial charge in [-0.05, 0) is 38.3 Å². The molecule has 1 unspecified atom stereocenters. The van der Waals surface area contributed by atoms with E-state index in [9.17, 15) is 4.79 Å². The van der Waals surface area contributed by atoms with Crippen molar-refractivity contribution in [2.75, 3.05) is 19.8 Å². The molecular formula is C16H25NO3. The number of hydrogen-bond acceptors (Lipinski definition) is 3. The molecule has 1 rings (SSSR count). The molecule has 0 aliphatic heterocycles. The lowest BCUT2D eigenvalue weighted by atomic mass is 10.2. The maximum absolute atomic E-state index is 12.0. The van der Waals surface area contributed by atoms with Gasteiger partial charge in [0.25, 0.3) is 5.91 Å². The molecule has 0 fully saturated rings. The highest BCUT2D eigenvalue weighted by Crippen LogP contribution is 2.18. The zero-order chi connectivity index (χ0) is 14.8. The fraction of sp³-hybridized carbons (Fsp3) is 0.562. The minimum Gasteiger partial charge on any atom is -0.480 e. The van der Waals surface area contributed by atoms with Crippen molar-refractivity contribution in [3.05, 3.63) is 29.8 Å². The van der Waals surface area contributed by atoms with Crippen LogP contribution in [-0.2, 0) is 9.53 Å². The number of nitrogens with one attached hydrogen (secondary N) is 1. The first-order chi connectivity index (χ1) is 9.69. The Morgan fingerprint density at radius 1 is 1.30 bits per heavy atom. The molecule has 1 aromatic rings. The second-order valence-electron chi connectivity index (χ2n) is 4.62. The topological polar surface area (TPSA) is 47.6 Å². The molecule has 1 atom stereocenters. The number of amides is 1. The quantitative estimate of drug-likeness (QED) is 0.707. The number of rotatable bonds is 9. The number of para-hydroxylation sites is 1. The smallest absolute Gasteiger partial charge is 0.261 e. The molecule has 112 valence electrons. The Bertz CT molecular complexity index is 406. The number of hydrogen-bond donors (Lipinski definition) is 1. The van der Waals surface area contributed by atoms with Gasteiger partial charge in [0.1, 0.15) is 5.75 Å². The van der Waals surface area contributed by atoms with Crippen LogP contribution in [0.15, 0.2) is 24.3 Å². The highest BCUT2D eigenvalue weighted by molar-refractivity contribution is 5.81. The van der Waals surface area contributed by atoms with Crippen LogP contribution in [0.1, 0.15) is 32.3 Å². The van der Waals surface area contributed by atoms with E-state index in [1.165, 1.54) is 0 Å². The molecule has 20 heavy (non-hydrogen) atoms. The maximum atomic E-state index is 12.0. The first-order valence-electron chi connectivity index (χ1n) is 7.26. The van der Waals surface area contributed by atoms with Gasteiger partial charge in [-0.25, -0.2) is 0 Å². The highest BCUT2D eigenvalue weighted by atomic mass is 16.5. The molecule has 0 heterocycles. The summed E-state index contributed by atoms with van der Waals surface area (Å²) in [6.07, 6.45) is 1.02. The van der Waals surface area contributed by atoms with E-state index in [-0.39, 0.29) is 5.91 Å². The zero-order valence-electron chi connectivity index (χ0n) is 12.6. The predicted octanol–water partition coefficient (Wildman–Crippen LogP) is 2.70. The lowest BCUT2D eigenvalue weighted by Gasteiger charge is -2.18. The van der Waals surface area contributed by atoms with Crippen molar-refractivity contribution in [3.8, 4) is 5.75 Å². The molecule has 1 aromatic carbocycles. The molecule has 1 N–H and O–H groups in total.